The van der Waals surface area contributed by atoms with E-state index in [2.05, 4.69) is 10.1 Å². The van der Waals surface area contributed by atoms with Gasteiger partial charge in [-0.05, 0) is 30.7 Å². The van der Waals surface area contributed by atoms with Crippen LogP contribution in [0.1, 0.15) is 5.56 Å². The van der Waals surface area contributed by atoms with E-state index in [-0.39, 0.29) is 5.82 Å². The predicted octanol–water partition coefficient (Wildman–Crippen LogP) is 2.31. The van der Waals surface area contributed by atoms with Gasteiger partial charge in [-0.3, -0.25) is 5.32 Å². The topological polar surface area (TPSA) is 38.3 Å². The molecule has 0 aromatic heterocycles. The molecule has 4 heteroatoms. The van der Waals surface area contributed by atoms with E-state index >= 15 is 0 Å². The van der Waals surface area contributed by atoms with Crippen LogP contribution < -0.4 is 5.32 Å². The van der Waals surface area contributed by atoms with Crippen LogP contribution in [0, 0.1) is 12.7 Å². The van der Waals surface area contributed by atoms with Gasteiger partial charge >= 0.3 is 6.09 Å². The number of ether oxygens (including phenoxy) is 1. The van der Waals surface area contributed by atoms with Crippen LogP contribution in [-0.2, 0) is 4.74 Å². The van der Waals surface area contributed by atoms with E-state index in [4.69, 9.17) is 0 Å². The van der Waals surface area contributed by atoms with Crippen LogP contribution in [0.4, 0.5) is 14.9 Å². The lowest BCUT2D eigenvalue weighted by Crippen LogP contribution is -2.10. The summed E-state index contributed by atoms with van der Waals surface area (Å²) < 4.78 is 17.2. The predicted molar refractivity (Wildman–Crippen MR) is 47.2 cm³/mol. The molecule has 0 atom stereocenters. The molecule has 1 N–H and O–H groups in total. The fourth-order valence-corrected chi connectivity index (χ4v) is 0.891. The number of nitrogens with one attached hydrogen (secondary N) is 1. The molecule has 1 aromatic carbocycles. The maximum atomic E-state index is 12.8. The number of carbonyl (C=O) groups is 1. The van der Waals surface area contributed by atoms with Crippen molar-refractivity contribution in [1.29, 1.82) is 0 Å². The zero-order valence-electron chi connectivity index (χ0n) is 7.43. The van der Waals surface area contributed by atoms with Crippen LogP contribution in [0.5, 0.6) is 0 Å². The number of halogens is 1. The number of carbonyl (C=O) groups excluding carboxylic acids is 1. The summed E-state index contributed by atoms with van der Waals surface area (Å²) in [5, 5.41) is 2.43. The molecule has 0 aliphatic carbocycles. The summed E-state index contributed by atoms with van der Waals surface area (Å²) in [6.07, 6.45) is -0.564. The number of aryl methyl sites for hydroxylation is 1. The minimum Gasteiger partial charge on any atom is -0.453 e. The van der Waals surface area contributed by atoms with Gasteiger partial charge in [-0.15, -0.1) is 0 Å². The molecule has 1 amide bonds. The lowest BCUT2D eigenvalue weighted by molar-refractivity contribution is 0.187. The molecule has 1 rings (SSSR count). The number of benzene rings is 1. The highest BCUT2D eigenvalue weighted by atomic mass is 19.1. The number of hydrogen-bond acceptors (Lipinski definition) is 2. The first-order valence-electron chi connectivity index (χ1n) is 3.74. The van der Waals surface area contributed by atoms with Crippen molar-refractivity contribution < 1.29 is 13.9 Å². The van der Waals surface area contributed by atoms with Gasteiger partial charge in [0.1, 0.15) is 5.82 Å². The van der Waals surface area contributed by atoms with Crippen molar-refractivity contribution in [3.8, 4) is 0 Å². The molecule has 0 saturated heterocycles. The Labute approximate surface area is 75.5 Å². The van der Waals surface area contributed by atoms with E-state index in [1.165, 1.54) is 25.3 Å². The molecule has 0 saturated carbocycles. The Bertz CT molecular complexity index is 325. The summed E-state index contributed by atoms with van der Waals surface area (Å²) in [6, 6.07) is 4.30. The Morgan fingerprint density at radius 2 is 2.23 bits per heavy atom. The summed E-state index contributed by atoms with van der Waals surface area (Å²) in [5.41, 5.74) is 1.000. The minimum atomic E-state index is -0.564. The van der Waals surface area contributed by atoms with Gasteiger partial charge in [0.05, 0.1) is 7.11 Å². The SMILES string of the molecule is COC(=O)Nc1ccc(F)c(C)c1. The molecule has 0 heterocycles. The largest absolute Gasteiger partial charge is 0.453 e. The van der Waals surface area contributed by atoms with E-state index in [0.717, 1.165) is 0 Å². The average Bonchev–Trinajstić information content (AvgIpc) is 2.11. The summed E-state index contributed by atoms with van der Waals surface area (Å²) in [7, 11) is 1.27. The first kappa shape index (κ1) is 9.51. The molecule has 0 spiro atoms. The summed E-state index contributed by atoms with van der Waals surface area (Å²) in [6.45, 7) is 1.62. The highest BCUT2D eigenvalue weighted by Gasteiger charge is 2.02. The smallest absolute Gasteiger partial charge is 0.411 e. The molecule has 13 heavy (non-hydrogen) atoms. The van der Waals surface area contributed by atoms with Gasteiger partial charge in [0.2, 0.25) is 0 Å². The van der Waals surface area contributed by atoms with Gasteiger partial charge in [0.15, 0.2) is 0 Å². The maximum Gasteiger partial charge on any atom is 0.411 e. The van der Waals surface area contributed by atoms with Crippen molar-refractivity contribution in [2.75, 3.05) is 12.4 Å². The highest BCUT2D eigenvalue weighted by Crippen LogP contribution is 2.13. The lowest BCUT2D eigenvalue weighted by Gasteiger charge is -2.04. The van der Waals surface area contributed by atoms with Crippen LogP contribution >= 0.6 is 0 Å². The molecule has 0 aliphatic heterocycles. The van der Waals surface area contributed by atoms with E-state index < -0.39 is 6.09 Å². The van der Waals surface area contributed by atoms with Crippen LogP contribution in [0.2, 0.25) is 0 Å². The zero-order valence-corrected chi connectivity index (χ0v) is 7.43. The van der Waals surface area contributed by atoms with Crippen molar-refractivity contribution >= 4 is 11.8 Å². The summed E-state index contributed by atoms with van der Waals surface area (Å²) in [5.74, 6) is -0.296. The van der Waals surface area contributed by atoms with Gasteiger partial charge in [0.25, 0.3) is 0 Å². The second-order valence-corrected chi connectivity index (χ2v) is 2.58. The Morgan fingerprint density at radius 3 is 2.77 bits per heavy atom. The monoisotopic (exact) mass is 183 g/mol. The van der Waals surface area contributed by atoms with Gasteiger partial charge in [0, 0.05) is 5.69 Å². The summed E-state index contributed by atoms with van der Waals surface area (Å²) >= 11 is 0. The van der Waals surface area contributed by atoms with Crippen LogP contribution in [0.3, 0.4) is 0 Å². The molecule has 0 bridgehead atoms. The lowest BCUT2D eigenvalue weighted by atomic mass is 10.2. The number of anilines is 1. The third kappa shape index (κ3) is 2.43. The van der Waals surface area contributed by atoms with Crippen molar-refractivity contribution in [2.24, 2.45) is 0 Å². The second-order valence-electron chi connectivity index (χ2n) is 2.58. The molecule has 3 nitrogen and oxygen atoms in total. The summed E-state index contributed by atoms with van der Waals surface area (Å²) in [4.78, 5) is 10.8. The second kappa shape index (κ2) is 3.89. The first-order chi connectivity index (χ1) is 6.13. The quantitative estimate of drug-likeness (QED) is 0.725. The molecular weight excluding hydrogens is 173 g/mol. The molecule has 0 unspecified atom stereocenters. The Morgan fingerprint density at radius 1 is 1.54 bits per heavy atom. The number of methoxy groups -OCH3 is 1. The normalized spacial score (nSPS) is 9.46. The van der Waals surface area contributed by atoms with Crippen molar-refractivity contribution in [3.63, 3.8) is 0 Å². The third-order valence-electron chi connectivity index (χ3n) is 1.59. The van der Waals surface area contributed by atoms with Gasteiger partial charge in [-0.1, -0.05) is 0 Å². The molecule has 0 aliphatic rings. The Hall–Kier alpha value is -1.58. The Balaban J connectivity index is 2.79. The molecule has 1 aromatic rings. The van der Waals surface area contributed by atoms with E-state index in [9.17, 15) is 9.18 Å². The van der Waals surface area contributed by atoms with Crippen molar-refractivity contribution in [2.45, 2.75) is 6.92 Å². The highest BCUT2D eigenvalue weighted by molar-refractivity contribution is 5.84. The standard InChI is InChI=1S/C9H10FNO2/c1-6-5-7(3-4-8(6)10)11-9(12)13-2/h3-5H,1-2H3,(H,11,12). The number of amides is 1. The van der Waals surface area contributed by atoms with Crippen LogP contribution in [0.15, 0.2) is 18.2 Å². The fourth-order valence-electron chi connectivity index (χ4n) is 0.891. The Kier molecular flexibility index (Phi) is 2.84. The van der Waals surface area contributed by atoms with Crippen LogP contribution in [-0.4, -0.2) is 13.2 Å². The van der Waals surface area contributed by atoms with Gasteiger partial charge in [-0.25, -0.2) is 9.18 Å². The average molecular weight is 183 g/mol. The first-order valence-corrected chi connectivity index (χ1v) is 3.74. The molecule has 70 valence electrons. The van der Waals surface area contributed by atoms with E-state index in [1.54, 1.807) is 6.92 Å². The van der Waals surface area contributed by atoms with Gasteiger partial charge < -0.3 is 4.74 Å². The fraction of sp³-hybridized carbons (Fsp3) is 0.222. The molecular formula is C9H10FNO2. The number of hydrogen-bond donors (Lipinski definition) is 1. The molecule has 0 fully saturated rings. The molecule has 0 radical (unpaired) electrons. The zero-order chi connectivity index (χ0) is 9.84. The van der Waals surface area contributed by atoms with Crippen LogP contribution in [0.25, 0.3) is 0 Å². The van der Waals surface area contributed by atoms with Crippen molar-refractivity contribution in [1.82, 2.24) is 0 Å². The van der Waals surface area contributed by atoms with E-state index in [0.29, 0.717) is 11.3 Å². The van der Waals surface area contributed by atoms with E-state index in [1.807, 2.05) is 0 Å². The number of rotatable bonds is 1. The minimum absolute atomic E-state index is 0.296. The maximum absolute atomic E-state index is 12.8. The third-order valence-corrected chi connectivity index (χ3v) is 1.59. The van der Waals surface area contributed by atoms with Crippen molar-refractivity contribution in [3.05, 3.63) is 29.6 Å². The van der Waals surface area contributed by atoms with Gasteiger partial charge in [-0.2, -0.15) is 0 Å².